The van der Waals surface area contributed by atoms with Crippen LogP contribution >= 0.6 is 11.6 Å². The van der Waals surface area contributed by atoms with Gasteiger partial charge in [0.15, 0.2) is 0 Å². The monoisotopic (exact) mass is 258 g/mol. The maximum absolute atomic E-state index is 11.1. The summed E-state index contributed by atoms with van der Waals surface area (Å²) >= 11 is 5.81. The van der Waals surface area contributed by atoms with Gasteiger partial charge in [0, 0.05) is 30.6 Å². The number of aromatic nitrogens is 2. The predicted molar refractivity (Wildman–Crippen MR) is 64.5 cm³/mol. The van der Waals surface area contributed by atoms with Crippen molar-refractivity contribution in [3.63, 3.8) is 0 Å². The highest BCUT2D eigenvalue weighted by molar-refractivity contribution is 7.90. The fourth-order valence-corrected chi connectivity index (χ4v) is 2.19. The van der Waals surface area contributed by atoms with Crippen LogP contribution in [0.15, 0.2) is 24.5 Å². The minimum Gasteiger partial charge on any atom is -0.331 e. The Morgan fingerprint density at radius 1 is 1.50 bits per heavy atom. The van der Waals surface area contributed by atoms with Crippen molar-refractivity contribution in [2.45, 2.75) is 6.54 Å². The summed E-state index contributed by atoms with van der Waals surface area (Å²) < 4.78 is 23.9. The summed E-state index contributed by atoms with van der Waals surface area (Å²) in [5, 5.41) is 1.49. The van der Waals surface area contributed by atoms with Crippen LogP contribution < -0.4 is 0 Å². The predicted octanol–water partition coefficient (Wildman–Crippen LogP) is 1.73. The Morgan fingerprint density at radius 3 is 2.94 bits per heavy atom. The van der Waals surface area contributed by atoms with E-state index in [0.29, 0.717) is 11.6 Å². The van der Waals surface area contributed by atoms with Crippen molar-refractivity contribution in [1.82, 2.24) is 9.55 Å². The van der Waals surface area contributed by atoms with E-state index in [2.05, 4.69) is 4.98 Å². The van der Waals surface area contributed by atoms with Gasteiger partial charge in [0.05, 0.1) is 10.8 Å². The third-order valence-corrected chi connectivity index (χ3v) is 3.40. The van der Waals surface area contributed by atoms with Crippen molar-refractivity contribution < 1.29 is 8.42 Å². The number of hydrogen-bond donors (Lipinski definition) is 0. The quantitative estimate of drug-likeness (QED) is 0.843. The molecule has 0 fully saturated rings. The van der Waals surface area contributed by atoms with Crippen molar-refractivity contribution in [3.05, 3.63) is 29.5 Å². The van der Waals surface area contributed by atoms with Gasteiger partial charge in [-0.25, -0.2) is 13.4 Å². The molecule has 0 unspecified atom stereocenters. The normalized spacial score (nSPS) is 12.1. The van der Waals surface area contributed by atoms with Crippen molar-refractivity contribution in [1.29, 1.82) is 0 Å². The molecule has 86 valence electrons. The van der Waals surface area contributed by atoms with Crippen LogP contribution in [-0.4, -0.2) is 30.0 Å². The third-order valence-electron chi connectivity index (χ3n) is 2.27. The first-order chi connectivity index (χ1) is 7.46. The van der Waals surface area contributed by atoms with Gasteiger partial charge in [-0.1, -0.05) is 11.6 Å². The number of aryl methyl sites for hydroxylation is 1. The van der Waals surface area contributed by atoms with Crippen molar-refractivity contribution in [3.8, 4) is 0 Å². The minimum atomic E-state index is -2.95. The van der Waals surface area contributed by atoms with Crippen LogP contribution in [0.5, 0.6) is 0 Å². The van der Waals surface area contributed by atoms with E-state index in [1.807, 2.05) is 16.8 Å². The van der Waals surface area contributed by atoms with E-state index in [1.54, 1.807) is 12.3 Å². The van der Waals surface area contributed by atoms with Crippen LogP contribution in [0.3, 0.4) is 0 Å². The van der Waals surface area contributed by atoms with Gasteiger partial charge in [-0.15, -0.1) is 0 Å². The highest BCUT2D eigenvalue weighted by atomic mass is 35.5. The van der Waals surface area contributed by atoms with E-state index in [0.717, 1.165) is 11.0 Å². The molecule has 2 rings (SSSR count). The van der Waals surface area contributed by atoms with Crippen LogP contribution in [0.2, 0.25) is 5.02 Å². The molecule has 0 bridgehead atoms. The minimum absolute atomic E-state index is 0.112. The van der Waals surface area contributed by atoms with Crippen molar-refractivity contribution in [2.24, 2.45) is 0 Å². The highest BCUT2D eigenvalue weighted by Crippen LogP contribution is 2.17. The van der Waals surface area contributed by atoms with Gasteiger partial charge < -0.3 is 4.57 Å². The molecule has 2 heterocycles. The highest BCUT2D eigenvalue weighted by Gasteiger charge is 2.06. The first-order valence-electron chi connectivity index (χ1n) is 4.74. The van der Waals surface area contributed by atoms with Crippen LogP contribution in [0, 0.1) is 0 Å². The lowest BCUT2D eigenvalue weighted by Crippen LogP contribution is -2.10. The lowest BCUT2D eigenvalue weighted by atomic mass is 10.3. The van der Waals surface area contributed by atoms with Gasteiger partial charge in [-0.3, -0.25) is 0 Å². The average Bonchev–Trinajstić information content (AvgIpc) is 2.56. The van der Waals surface area contributed by atoms with Gasteiger partial charge in [0.1, 0.15) is 15.5 Å². The first-order valence-corrected chi connectivity index (χ1v) is 7.18. The molecule has 0 aliphatic carbocycles. The molecule has 4 nitrogen and oxygen atoms in total. The van der Waals surface area contributed by atoms with Crippen LogP contribution in [0.25, 0.3) is 11.0 Å². The molecule has 0 aliphatic heterocycles. The van der Waals surface area contributed by atoms with Crippen LogP contribution in [0.4, 0.5) is 0 Å². The molecule has 0 spiro atoms. The smallest absolute Gasteiger partial charge is 0.149 e. The molecule has 2 aromatic rings. The van der Waals surface area contributed by atoms with Gasteiger partial charge in [-0.2, -0.15) is 0 Å². The summed E-state index contributed by atoms with van der Waals surface area (Å²) in [6.07, 6.45) is 4.60. The Morgan fingerprint density at radius 2 is 2.25 bits per heavy atom. The second kappa shape index (κ2) is 4.07. The number of rotatable bonds is 3. The molecule has 0 saturated heterocycles. The fraction of sp³-hybridized carbons (Fsp3) is 0.300. The SMILES string of the molecule is CS(=O)(=O)CCn1ccc2cc(Cl)cnc21. The third kappa shape index (κ3) is 2.54. The van der Waals surface area contributed by atoms with E-state index in [1.165, 1.54) is 6.26 Å². The maximum atomic E-state index is 11.1. The molecule has 0 saturated carbocycles. The molecule has 0 atom stereocenters. The molecule has 0 amide bonds. The topological polar surface area (TPSA) is 52.0 Å². The van der Waals surface area contributed by atoms with E-state index >= 15 is 0 Å². The lowest BCUT2D eigenvalue weighted by Gasteiger charge is -2.03. The van der Waals surface area contributed by atoms with E-state index in [4.69, 9.17) is 11.6 Å². The lowest BCUT2D eigenvalue weighted by molar-refractivity contribution is 0.595. The van der Waals surface area contributed by atoms with E-state index in [-0.39, 0.29) is 5.75 Å². The largest absolute Gasteiger partial charge is 0.331 e. The van der Waals surface area contributed by atoms with Gasteiger partial charge in [-0.05, 0) is 12.1 Å². The summed E-state index contributed by atoms with van der Waals surface area (Å²) in [6.45, 7) is 0.414. The number of pyridine rings is 1. The second-order valence-electron chi connectivity index (χ2n) is 3.71. The molecular formula is C10H11ClN2O2S. The number of nitrogens with zero attached hydrogens (tertiary/aromatic N) is 2. The van der Waals surface area contributed by atoms with Gasteiger partial charge in [0.2, 0.25) is 0 Å². The zero-order chi connectivity index (χ0) is 11.8. The van der Waals surface area contributed by atoms with Crippen molar-refractivity contribution in [2.75, 3.05) is 12.0 Å². The molecule has 0 N–H and O–H groups in total. The van der Waals surface area contributed by atoms with Gasteiger partial charge in [0.25, 0.3) is 0 Å². The molecular weight excluding hydrogens is 248 g/mol. The average molecular weight is 259 g/mol. The zero-order valence-electron chi connectivity index (χ0n) is 8.72. The van der Waals surface area contributed by atoms with E-state index in [9.17, 15) is 8.42 Å². The molecule has 2 aromatic heterocycles. The van der Waals surface area contributed by atoms with Crippen LogP contribution in [0.1, 0.15) is 0 Å². The Hall–Kier alpha value is -1.07. The summed E-state index contributed by atoms with van der Waals surface area (Å²) in [4.78, 5) is 4.18. The summed E-state index contributed by atoms with van der Waals surface area (Å²) in [5.41, 5.74) is 0.757. The molecule has 16 heavy (non-hydrogen) atoms. The standard InChI is InChI=1S/C10H11ClN2O2S/c1-16(14,15)5-4-13-3-2-8-6-9(11)7-12-10(8)13/h2-3,6-7H,4-5H2,1H3. The van der Waals surface area contributed by atoms with E-state index < -0.39 is 9.84 Å². The Bertz CT molecular complexity index is 619. The molecule has 0 aromatic carbocycles. The number of hydrogen-bond acceptors (Lipinski definition) is 3. The number of sulfone groups is 1. The summed E-state index contributed by atoms with van der Waals surface area (Å²) in [5.74, 6) is 0.112. The zero-order valence-corrected chi connectivity index (χ0v) is 10.3. The number of fused-ring (bicyclic) bond motifs is 1. The summed E-state index contributed by atoms with van der Waals surface area (Å²) in [7, 11) is -2.95. The first kappa shape index (κ1) is 11.4. The Kier molecular flexibility index (Phi) is 2.90. The fourth-order valence-electron chi connectivity index (χ4n) is 1.50. The molecule has 6 heteroatoms. The number of halogens is 1. The van der Waals surface area contributed by atoms with Gasteiger partial charge >= 0.3 is 0 Å². The maximum Gasteiger partial charge on any atom is 0.149 e. The summed E-state index contributed by atoms with van der Waals surface area (Å²) in [6, 6.07) is 3.68. The second-order valence-corrected chi connectivity index (χ2v) is 6.40. The Balaban J connectivity index is 2.32. The van der Waals surface area contributed by atoms with Crippen LogP contribution in [-0.2, 0) is 16.4 Å². The molecule has 0 aliphatic rings. The van der Waals surface area contributed by atoms with Crippen molar-refractivity contribution >= 4 is 32.5 Å². The Labute approximate surface area is 98.8 Å². The molecule has 0 radical (unpaired) electrons.